The molecule has 0 unspecified atom stereocenters. The number of hydrogen-bond donors (Lipinski definition) is 1. The standard InChI is InChI=1S/C17H22F2N2O3/c1-12-7-6-8-13(24-17(18)19)16(12)20-14(22)11-21-10-5-3-2-4-9-15(21)23/h6-8,17H,2-5,9-11H2,1H3,(H,20,22). The lowest BCUT2D eigenvalue weighted by Gasteiger charge is -2.24. The largest absolute Gasteiger partial charge is 0.433 e. The molecule has 0 atom stereocenters. The normalized spacial score (nSPS) is 15.8. The van der Waals surface area contributed by atoms with Gasteiger partial charge in [0.2, 0.25) is 11.8 Å². The lowest BCUT2D eigenvalue weighted by atomic mass is 10.1. The van der Waals surface area contributed by atoms with Crippen LogP contribution in [0.5, 0.6) is 5.75 Å². The molecule has 5 nitrogen and oxygen atoms in total. The number of hydrogen-bond acceptors (Lipinski definition) is 3. The van der Waals surface area contributed by atoms with Gasteiger partial charge in [-0.1, -0.05) is 25.0 Å². The second-order valence-corrected chi connectivity index (χ2v) is 5.85. The zero-order chi connectivity index (χ0) is 17.5. The fourth-order valence-electron chi connectivity index (χ4n) is 2.73. The number of benzene rings is 1. The minimum Gasteiger partial charge on any atom is -0.433 e. The number of carbonyl (C=O) groups excluding carboxylic acids is 2. The minimum atomic E-state index is -2.97. The fourth-order valence-corrected chi connectivity index (χ4v) is 2.73. The van der Waals surface area contributed by atoms with Gasteiger partial charge in [0, 0.05) is 13.0 Å². The van der Waals surface area contributed by atoms with E-state index in [1.165, 1.54) is 11.0 Å². The van der Waals surface area contributed by atoms with Gasteiger partial charge in [0.25, 0.3) is 0 Å². The van der Waals surface area contributed by atoms with E-state index in [-0.39, 0.29) is 23.9 Å². The van der Waals surface area contributed by atoms with E-state index < -0.39 is 12.5 Å². The number of aryl methyl sites for hydroxylation is 1. The van der Waals surface area contributed by atoms with Gasteiger partial charge in [0.15, 0.2) is 0 Å². The monoisotopic (exact) mass is 340 g/mol. The van der Waals surface area contributed by atoms with Gasteiger partial charge in [-0.25, -0.2) is 0 Å². The van der Waals surface area contributed by atoms with Gasteiger partial charge in [-0.05, 0) is 31.4 Å². The molecule has 1 fully saturated rings. The topological polar surface area (TPSA) is 58.6 Å². The second-order valence-electron chi connectivity index (χ2n) is 5.85. The molecule has 0 aromatic heterocycles. The Bertz CT molecular complexity index is 593. The van der Waals surface area contributed by atoms with Crippen LogP contribution in [0.1, 0.15) is 37.7 Å². The lowest BCUT2D eigenvalue weighted by Crippen LogP contribution is -2.39. The summed E-state index contributed by atoms with van der Waals surface area (Å²) in [6.07, 6.45) is 4.21. The zero-order valence-electron chi connectivity index (χ0n) is 13.7. The van der Waals surface area contributed by atoms with Crippen LogP contribution in [0, 0.1) is 6.92 Å². The Hall–Kier alpha value is -2.18. The van der Waals surface area contributed by atoms with Crippen LogP contribution in [-0.4, -0.2) is 36.4 Å². The van der Waals surface area contributed by atoms with E-state index in [1.807, 2.05) is 0 Å². The smallest absolute Gasteiger partial charge is 0.387 e. The first-order valence-corrected chi connectivity index (χ1v) is 8.09. The lowest BCUT2D eigenvalue weighted by molar-refractivity contribution is -0.135. The van der Waals surface area contributed by atoms with Crippen LogP contribution in [-0.2, 0) is 9.59 Å². The van der Waals surface area contributed by atoms with E-state index in [4.69, 9.17) is 0 Å². The summed E-state index contributed by atoms with van der Waals surface area (Å²) >= 11 is 0. The quantitative estimate of drug-likeness (QED) is 0.894. The molecule has 1 aromatic carbocycles. The van der Waals surface area contributed by atoms with Crippen molar-refractivity contribution in [1.82, 2.24) is 4.90 Å². The van der Waals surface area contributed by atoms with Crippen molar-refractivity contribution < 1.29 is 23.1 Å². The van der Waals surface area contributed by atoms with E-state index >= 15 is 0 Å². The third-order valence-corrected chi connectivity index (χ3v) is 3.97. The Morgan fingerprint density at radius 1 is 1.29 bits per heavy atom. The molecule has 1 N–H and O–H groups in total. The van der Waals surface area contributed by atoms with Crippen molar-refractivity contribution in [2.24, 2.45) is 0 Å². The third kappa shape index (κ3) is 5.18. The van der Waals surface area contributed by atoms with Gasteiger partial charge in [0.1, 0.15) is 5.75 Å². The molecule has 0 bridgehead atoms. The summed E-state index contributed by atoms with van der Waals surface area (Å²) < 4.78 is 29.4. The molecule has 1 aliphatic heterocycles. The Morgan fingerprint density at radius 3 is 2.79 bits per heavy atom. The van der Waals surface area contributed by atoms with Gasteiger partial charge in [-0.2, -0.15) is 8.78 Å². The number of carbonyl (C=O) groups is 2. The minimum absolute atomic E-state index is 0.0429. The van der Waals surface area contributed by atoms with E-state index in [9.17, 15) is 18.4 Å². The summed E-state index contributed by atoms with van der Waals surface area (Å²) in [5, 5.41) is 2.60. The number of ether oxygens (including phenoxy) is 1. The van der Waals surface area contributed by atoms with Crippen LogP contribution >= 0.6 is 0 Å². The highest BCUT2D eigenvalue weighted by molar-refractivity contribution is 5.96. The van der Waals surface area contributed by atoms with Gasteiger partial charge in [-0.3, -0.25) is 9.59 Å². The van der Waals surface area contributed by atoms with Gasteiger partial charge >= 0.3 is 6.61 Å². The maximum Gasteiger partial charge on any atom is 0.387 e. The maximum atomic E-state index is 12.5. The Labute approximate surface area is 140 Å². The molecular formula is C17H22F2N2O3. The highest BCUT2D eigenvalue weighted by Gasteiger charge is 2.20. The van der Waals surface area contributed by atoms with Gasteiger partial charge < -0.3 is 15.0 Å². The SMILES string of the molecule is Cc1cccc(OC(F)F)c1NC(=O)CN1CCCCCCC1=O. The molecule has 7 heteroatoms. The first-order chi connectivity index (χ1) is 11.5. The predicted octanol–water partition coefficient (Wildman–Crippen LogP) is 3.33. The highest BCUT2D eigenvalue weighted by Crippen LogP contribution is 2.29. The number of anilines is 1. The molecule has 1 aliphatic rings. The summed E-state index contributed by atoms with van der Waals surface area (Å²) in [6, 6.07) is 4.63. The van der Waals surface area contributed by atoms with Crippen molar-refractivity contribution in [3.8, 4) is 5.75 Å². The number of halogens is 2. The average molecular weight is 340 g/mol. The van der Waals surface area contributed by atoms with E-state index in [2.05, 4.69) is 10.1 Å². The summed E-state index contributed by atoms with van der Waals surface area (Å²) in [7, 11) is 0. The summed E-state index contributed by atoms with van der Waals surface area (Å²) in [4.78, 5) is 25.9. The van der Waals surface area contributed by atoms with Crippen molar-refractivity contribution in [2.75, 3.05) is 18.4 Å². The third-order valence-electron chi connectivity index (χ3n) is 3.97. The molecule has 2 rings (SSSR count). The zero-order valence-corrected chi connectivity index (χ0v) is 13.7. The van der Waals surface area contributed by atoms with E-state index in [0.29, 0.717) is 18.5 Å². The number of para-hydroxylation sites is 1. The first kappa shape index (κ1) is 18.2. The fraction of sp³-hybridized carbons (Fsp3) is 0.529. The Kier molecular flexibility index (Phi) is 6.52. The van der Waals surface area contributed by atoms with Crippen molar-refractivity contribution in [1.29, 1.82) is 0 Å². The molecule has 1 aromatic rings. The molecular weight excluding hydrogens is 318 g/mol. The number of nitrogens with one attached hydrogen (secondary N) is 1. The number of alkyl halides is 2. The van der Waals surface area contributed by atoms with Crippen molar-refractivity contribution in [2.45, 2.75) is 45.6 Å². The van der Waals surface area contributed by atoms with Crippen LogP contribution in [0.2, 0.25) is 0 Å². The summed E-state index contributed by atoms with van der Waals surface area (Å²) in [6.45, 7) is -0.824. The Morgan fingerprint density at radius 2 is 2.04 bits per heavy atom. The van der Waals surface area contributed by atoms with Crippen molar-refractivity contribution in [3.63, 3.8) is 0 Å². The second kappa shape index (κ2) is 8.61. The molecule has 0 radical (unpaired) electrons. The molecule has 1 saturated heterocycles. The molecule has 24 heavy (non-hydrogen) atoms. The Balaban J connectivity index is 2.04. The molecule has 0 aliphatic carbocycles. The van der Waals surface area contributed by atoms with Crippen LogP contribution < -0.4 is 10.1 Å². The van der Waals surface area contributed by atoms with Crippen molar-refractivity contribution >= 4 is 17.5 Å². The van der Waals surface area contributed by atoms with Gasteiger partial charge in [-0.15, -0.1) is 0 Å². The first-order valence-electron chi connectivity index (χ1n) is 8.09. The average Bonchev–Trinajstić information content (AvgIpc) is 2.50. The van der Waals surface area contributed by atoms with Crippen LogP contribution in [0.3, 0.4) is 0 Å². The molecule has 132 valence electrons. The molecule has 2 amide bonds. The number of amides is 2. The molecule has 0 spiro atoms. The molecule has 0 saturated carbocycles. The highest BCUT2D eigenvalue weighted by atomic mass is 19.3. The maximum absolute atomic E-state index is 12.5. The van der Waals surface area contributed by atoms with Crippen LogP contribution in [0.4, 0.5) is 14.5 Å². The number of nitrogens with zero attached hydrogens (tertiary/aromatic N) is 1. The van der Waals surface area contributed by atoms with Crippen molar-refractivity contribution in [3.05, 3.63) is 23.8 Å². The number of likely N-dealkylation sites (tertiary alicyclic amines) is 1. The molecule has 1 heterocycles. The van der Waals surface area contributed by atoms with Gasteiger partial charge in [0.05, 0.1) is 12.2 Å². The summed E-state index contributed by atoms with van der Waals surface area (Å²) in [5.41, 5.74) is 0.822. The predicted molar refractivity (Wildman–Crippen MR) is 86.1 cm³/mol. The summed E-state index contributed by atoms with van der Waals surface area (Å²) in [5.74, 6) is -0.548. The van der Waals surface area contributed by atoms with Crippen LogP contribution in [0.25, 0.3) is 0 Å². The van der Waals surface area contributed by atoms with E-state index in [0.717, 1.165) is 25.7 Å². The van der Waals surface area contributed by atoms with Crippen LogP contribution in [0.15, 0.2) is 18.2 Å². The van der Waals surface area contributed by atoms with E-state index in [1.54, 1.807) is 19.1 Å². The number of rotatable bonds is 5.